The average Bonchev–Trinajstić information content (AvgIpc) is 2.52. The maximum absolute atomic E-state index is 8.77. The predicted octanol–water partition coefficient (Wildman–Crippen LogP) is 3.97. The van der Waals surface area contributed by atoms with Gasteiger partial charge in [-0.05, 0) is 37.6 Å². The number of nitriles is 1. The van der Waals surface area contributed by atoms with Crippen molar-refractivity contribution >= 4 is 0 Å². The molecule has 0 saturated heterocycles. The summed E-state index contributed by atoms with van der Waals surface area (Å²) in [5.41, 5.74) is 2.51. The largest absolute Gasteiger partial charge is 0.492 e. The summed E-state index contributed by atoms with van der Waals surface area (Å²) < 4.78 is 5.58. The molecule has 0 saturated carbocycles. The van der Waals surface area contributed by atoms with E-state index >= 15 is 0 Å². The van der Waals surface area contributed by atoms with E-state index < -0.39 is 0 Å². The summed E-state index contributed by atoms with van der Waals surface area (Å²) in [6.07, 6.45) is 6.70. The first-order valence-electron chi connectivity index (χ1n) is 6.54. The molecule has 1 aromatic heterocycles. The van der Waals surface area contributed by atoms with E-state index in [1.807, 2.05) is 37.3 Å². The summed E-state index contributed by atoms with van der Waals surface area (Å²) in [4.78, 5) is 4.38. The monoisotopic (exact) mass is 264 g/mol. The fraction of sp³-hybridized carbons (Fsp3) is 0.176. The van der Waals surface area contributed by atoms with E-state index in [0.717, 1.165) is 23.4 Å². The summed E-state index contributed by atoms with van der Waals surface area (Å²) in [5, 5.41) is 8.77. The molecule has 0 amide bonds. The van der Waals surface area contributed by atoms with Crippen molar-refractivity contribution in [2.75, 3.05) is 6.61 Å². The second-order valence-electron chi connectivity index (χ2n) is 4.27. The number of aromatic nitrogens is 1. The van der Waals surface area contributed by atoms with Gasteiger partial charge in [0, 0.05) is 5.56 Å². The molecule has 2 rings (SSSR count). The Labute approximate surface area is 119 Å². The summed E-state index contributed by atoms with van der Waals surface area (Å²) in [6, 6.07) is 13.3. The molecule has 0 aliphatic heterocycles. The van der Waals surface area contributed by atoms with Crippen LogP contribution in [0.3, 0.4) is 0 Å². The highest BCUT2D eigenvalue weighted by Crippen LogP contribution is 2.20. The van der Waals surface area contributed by atoms with Gasteiger partial charge in [0.15, 0.2) is 0 Å². The van der Waals surface area contributed by atoms with Crippen LogP contribution in [-0.4, -0.2) is 11.6 Å². The maximum Gasteiger partial charge on any atom is 0.137 e. The van der Waals surface area contributed by atoms with Crippen LogP contribution in [0, 0.1) is 11.3 Å². The first-order chi connectivity index (χ1) is 9.83. The maximum atomic E-state index is 8.77. The molecule has 1 heterocycles. The van der Waals surface area contributed by atoms with Gasteiger partial charge in [0.05, 0.1) is 30.1 Å². The Morgan fingerprint density at radius 1 is 1.20 bits per heavy atom. The van der Waals surface area contributed by atoms with Crippen LogP contribution in [0.15, 0.2) is 54.7 Å². The van der Waals surface area contributed by atoms with Crippen LogP contribution in [-0.2, 0) is 0 Å². The summed E-state index contributed by atoms with van der Waals surface area (Å²) in [5.74, 6) is 0.770. The zero-order chi connectivity index (χ0) is 14.2. The minimum absolute atomic E-state index is 0.651. The van der Waals surface area contributed by atoms with Crippen LogP contribution in [0.4, 0.5) is 0 Å². The third-order valence-electron chi connectivity index (χ3n) is 2.84. The van der Waals surface area contributed by atoms with Crippen molar-refractivity contribution in [3.8, 4) is 23.1 Å². The van der Waals surface area contributed by atoms with E-state index in [4.69, 9.17) is 10.00 Å². The fourth-order valence-corrected chi connectivity index (χ4v) is 1.76. The molecular formula is C17H16N2O. The van der Waals surface area contributed by atoms with Crippen molar-refractivity contribution in [3.05, 3.63) is 60.3 Å². The van der Waals surface area contributed by atoms with Gasteiger partial charge in [-0.25, -0.2) is 0 Å². The SMILES string of the molecule is C/C=C\CCOc1ccc(-c2ccc(C#N)cc2)nc1. The highest BCUT2D eigenvalue weighted by Gasteiger charge is 2.00. The second-order valence-corrected chi connectivity index (χ2v) is 4.27. The Balaban J connectivity index is 2.02. The van der Waals surface area contributed by atoms with Crippen LogP contribution in [0.25, 0.3) is 11.3 Å². The minimum Gasteiger partial charge on any atom is -0.492 e. The number of nitrogens with zero attached hydrogens (tertiary/aromatic N) is 2. The topological polar surface area (TPSA) is 45.9 Å². The van der Waals surface area contributed by atoms with Crippen molar-refractivity contribution in [1.82, 2.24) is 4.98 Å². The number of benzene rings is 1. The standard InChI is InChI=1S/C17H16N2O/c1-2-3-4-11-20-16-9-10-17(19-13-16)15-7-5-14(12-18)6-8-15/h2-3,5-10,13H,4,11H2,1H3/b3-2-. The lowest BCUT2D eigenvalue weighted by Crippen LogP contribution is -1.96. The van der Waals surface area contributed by atoms with E-state index in [2.05, 4.69) is 17.1 Å². The van der Waals surface area contributed by atoms with E-state index in [-0.39, 0.29) is 0 Å². The van der Waals surface area contributed by atoms with Crippen molar-refractivity contribution < 1.29 is 4.74 Å². The van der Waals surface area contributed by atoms with Gasteiger partial charge in [-0.1, -0.05) is 24.3 Å². The lowest BCUT2D eigenvalue weighted by Gasteiger charge is -2.05. The van der Waals surface area contributed by atoms with E-state index in [9.17, 15) is 0 Å². The van der Waals surface area contributed by atoms with Crippen molar-refractivity contribution in [2.45, 2.75) is 13.3 Å². The van der Waals surface area contributed by atoms with Gasteiger partial charge in [0.2, 0.25) is 0 Å². The Morgan fingerprint density at radius 3 is 2.60 bits per heavy atom. The molecule has 0 unspecified atom stereocenters. The number of allylic oxidation sites excluding steroid dienone is 1. The predicted molar refractivity (Wildman–Crippen MR) is 79.3 cm³/mol. The van der Waals surface area contributed by atoms with Gasteiger partial charge in [0.1, 0.15) is 5.75 Å². The molecule has 0 atom stereocenters. The van der Waals surface area contributed by atoms with Gasteiger partial charge >= 0.3 is 0 Å². The average molecular weight is 264 g/mol. The number of hydrogen-bond donors (Lipinski definition) is 0. The van der Waals surface area contributed by atoms with Gasteiger partial charge in [0.25, 0.3) is 0 Å². The van der Waals surface area contributed by atoms with Crippen LogP contribution < -0.4 is 4.74 Å². The molecule has 100 valence electrons. The Hall–Kier alpha value is -2.60. The highest BCUT2D eigenvalue weighted by atomic mass is 16.5. The lowest BCUT2D eigenvalue weighted by atomic mass is 10.1. The molecule has 0 fully saturated rings. The molecular weight excluding hydrogens is 248 g/mol. The molecule has 0 bridgehead atoms. The van der Waals surface area contributed by atoms with Gasteiger partial charge in [-0.2, -0.15) is 5.26 Å². The summed E-state index contributed by atoms with van der Waals surface area (Å²) in [7, 11) is 0. The molecule has 0 radical (unpaired) electrons. The third kappa shape index (κ3) is 3.69. The molecule has 0 aliphatic carbocycles. The summed E-state index contributed by atoms with van der Waals surface area (Å²) in [6.45, 7) is 2.65. The van der Waals surface area contributed by atoms with Gasteiger partial charge in [-0.15, -0.1) is 0 Å². The fourth-order valence-electron chi connectivity index (χ4n) is 1.76. The smallest absolute Gasteiger partial charge is 0.137 e. The molecule has 1 aromatic carbocycles. The molecule has 3 nitrogen and oxygen atoms in total. The number of pyridine rings is 1. The van der Waals surface area contributed by atoms with Crippen LogP contribution in [0.5, 0.6) is 5.75 Å². The summed E-state index contributed by atoms with van der Waals surface area (Å²) >= 11 is 0. The van der Waals surface area contributed by atoms with Crippen LogP contribution in [0.2, 0.25) is 0 Å². The zero-order valence-electron chi connectivity index (χ0n) is 11.4. The third-order valence-corrected chi connectivity index (χ3v) is 2.84. The first-order valence-corrected chi connectivity index (χ1v) is 6.54. The Kier molecular flexibility index (Phi) is 4.91. The van der Waals surface area contributed by atoms with Crippen molar-refractivity contribution in [3.63, 3.8) is 0 Å². The molecule has 2 aromatic rings. The lowest BCUT2D eigenvalue weighted by molar-refractivity contribution is 0.323. The second kappa shape index (κ2) is 7.10. The Bertz CT molecular complexity index is 607. The van der Waals surface area contributed by atoms with E-state index in [1.165, 1.54) is 0 Å². The van der Waals surface area contributed by atoms with Crippen LogP contribution in [0.1, 0.15) is 18.9 Å². The minimum atomic E-state index is 0.651. The number of hydrogen-bond acceptors (Lipinski definition) is 3. The molecule has 0 spiro atoms. The van der Waals surface area contributed by atoms with Crippen molar-refractivity contribution in [2.24, 2.45) is 0 Å². The number of rotatable bonds is 5. The van der Waals surface area contributed by atoms with Gasteiger partial charge in [-0.3, -0.25) is 4.98 Å². The van der Waals surface area contributed by atoms with Gasteiger partial charge < -0.3 is 4.74 Å². The quantitative estimate of drug-likeness (QED) is 0.606. The van der Waals surface area contributed by atoms with Crippen molar-refractivity contribution in [1.29, 1.82) is 5.26 Å². The van der Waals surface area contributed by atoms with E-state index in [0.29, 0.717) is 12.2 Å². The molecule has 0 aliphatic rings. The molecule has 20 heavy (non-hydrogen) atoms. The first kappa shape index (κ1) is 13.8. The van der Waals surface area contributed by atoms with E-state index in [1.54, 1.807) is 18.3 Å². The molecule has 0 N–H and O–H groups in total. The highest BCUT2D eigenvalue weighted by molar-refractivity contribution is 5.60. The normalized spacial score (nSPS) is 10.4. The number of ether oxygens (including phenoxy) is 1. The molecule has 3 heteroatoms. The van der Waals surface area contributed by atoms with Crippen LogP contribution >= 0.6 is 0 Å². The Morgan fingerprint density at radius 2 is 2.00 bits per heavy atom. The zero-order valence-corrected chi connectivity index (χ0v) is 11.4.